The van der Waals surface area contributed by atoms with E-state index in [4.69, 9.17) is 22.9 Å². The van der Waals surface area contributed by atoms with E-state index in [1.54, 1.807) is 31.4 Å². The zero-order valence-electron chi connectivity index (χ0n) is 17.0. The van der Waals surface area contributed by atoms with Crippen molar-refractivity contribution in [3.05, 3.63) is 88.2 Å². The largest absolute Gasteiger partial charge is 0.495 e. The second-order valence-corrected chi connectivity index (χ2v) is 7.21. The van der Waals surface area contributed by atoms with Gasteiger partial charge in [-0.3, -0.25) is 4.79 Å². The molecule has 0 atom stereocenters. The van der Waals surface area contributed by atoms with Gasteiger partial charge in [0, 0.05) is 28.4 Å². The van der Waals surface area contributed by atoms with Crippen molar-refractivity contribution in [1.82, 2.24) is 10.2 Å². The summed E-state index contributed by atoms with van der Waals surface area (Å²) in [6.07, 6.45) is 0.800. The number of hydrogen-bond acceptors (Lipinski definition) is 5. The van der Waals surface area contributed by atoms with Crippen LogP contribution in [0.4, 0.5) is 11.5 Å². The van der Waals surface area contributed by atoms with Crippen LogP contribution in [0.3, 0.4) is 0 Å². The molecule has 0 aliphatic rings. The van der Waals surface area contributed by atoms with Gasteiger partial charge < -0.3 is 10.1 Å². The molecule has 6 nitrogen and oxygen atoms in total. The number of benzene rings is 3. The molecular formula is C24H18Cl2N4O2. The van der Waals surface area contributed by atoms with E-state index >= 15 is 0 Å². The number of methoxy groups -OCH3 is 1. The van der Waals surface area contributed by atoms with Gasteiger partial charge in [0.15, 0.2) is 11.5 Å². The van der Waals surface area contributed by atoms with Gasteiger partial charge in [0.1, 0.15) is 17.7 Å². The maximum absolute atomic E-state index is 10.9. The van der Waals surface area contributed by atoms with Crippen LogP contribution in [0.15, 0.2) is 60.7 Å². The Balaban J connectivity index is 0.00000289. The summed E-state index contributed by atoms with van der Waals surface area (Å²) in [5, 5.41) is 14.3. The van der Waals surface area contributed by atoms with E-state index in [0.29, 0.717) is 40.1 Å². The first kappa shape index (κ1) is 23.0. The Bertz CT molecular complexity index is 1320. The molecule has 0 saturated heterocycles. The summed E-state index contributed by atoms with van der Waals surface area (Å²) in [5.41, 5.74) is 3.58. The molecule has 0 fully saturated rings. The molecule has 4 aromatic rings. The molecule has 0 unspecified atom stereocenters. The lowest BCUT2D eigenvalue weighted by Crippen LogP contribution is -2.04. The Labute approximate surface area is 196 Å². The SMILES string of the molecule is Cl.[C-]#[N+]c1ccc2c(-c3ccc(C=O)cc3)nnc(NCc3ccc(OC)c(Cl)c3)c2c1. The Morgan fingerprint density at radius 1 is 1.06 bits per heavy atom. The van der Waals surface area contributed by atoms with E-state index in [1.165, 1.54) is 0 Å². The first-order chi connectivity index (χ1) is 15.1. The number of aldehydes is 1. The minimum Gasteiger partial charge on any atom is -0.495 e. The van der Waals surface area contributed by atoms with Gasteiger partial charge in [-0.2, -0.15) is 0 Å². The summed E-state index contributed by atoms with van der Waals surface area (Å²) in [4.78, 5) is 14.5. The third kappa shape index (κ3) is 4.65. The molecule has 0 bridgehead atoms. The van der Waals surface area contributed by atoms with Crippen LogP contribution >= 0.6 is 24.0 Å². The van der Waals surface area contributed by atoms with E-state index in [0.717, 1.165) is 28.2 Å². The normalized spacial score (nSPS) is 10.2. The molecule has 0 aliphatic heterocycles. The quantitative estimate of drug-likeness (QED) is 0.265. The zero-order valence-corrected chi connectivity index (χ0v) is 18.6. The fourth-order valence-electron chi connectivity index (χ4n) is 3.28. The number of halogens is 2. The predicted molar refractivity (Wildman–Crippen MR) is 129 cm³/mol. The number of nitrogens with zero attached hydrogens (tertiary/aromatic N) is 3. The number of ether oxygens (including phenoxy) is 1. The molecule has 1 N–H and O–H groups in total. The van der Waals surface area contributed by atoms with Crippen molar-refractivity contribution in [2.24, 2.45) is 0 Å². The van der Waals surface area contributed by atoms with Crippen molar-refractivity contribution in [3.8, 4) is 17.0 Å². The highest BCUT2D eigenvalue weighted by Gasteiger charge is 2.12. The van der Waals surface area contributed by atoms with E-state index in [2.05, 4.69) is 20.4 Å². The van der Waals surface area contributed by atoms with E-state index in [9.17, 15) is 4.79 Å². The van der Waals surface area contributed by atoms with Gasteiger partial charge in [-0.15, -0.1) is 22.6 Å². The van der Waals surface area contributed by atoms with Crippen LogP contribution in [0.5, 0.6) is 5.75 Å². The number of rotatable bonds is 6. The Kier molecular flexibility index (Phi) is 7.26. The highest BCUT2D eigenvalue weighted by atomic mass is 35.5. The minimum atomic E-state index is 0. The standard InChI is InChI=1S/C24H17ClN4O2.ClH/c1-26-18-8-9-19-20(12-18)24(27-13-16-5-10-22(31-2)21(25)11-16)29-28-23(19)17-6-3-15(14-30)4-7-17;/h3-12,14H,13H2,2H3,(H,27,29);1H. The highest BCUT2D eigenvalue weighted by molar-refractivity contribution is 6.32. The number of carbonyl (C=O) groups is 1. The molecule has 3 aromatic carbocycles. The zero-order chi connectivity index (χ0) is 21.8. The first-order valence-corrected chi connectivity index (χ1v) is 9.80. The molecule has 0 saturated carbocycles. The van der Waals surface area contributed by atoms with Gasteiger partial charge in [0.25, 0.3) is 0 Å². The molecule has 0 amide bonds. The summed E-state index contributed by atoms with van der Waals surface area (Å²) in [6, 6.07) is 18.1. The van der Waals surface area contributed by atoms with Crippen LogP contribution in [-0.4, -0.2) is 23.6 Å². The summed E-state index contributed by atoms with van der Waals surface area (Å²) in [5.74, 6) is 1.18. The van der Waals surface area contributed by atoms with Crippen molar-refractivity contribution in [2.45, 2.75) is 6.54 Å². The first-order valence-electron chi connectivity index (χ1n) is 9.42. The molecule has 1 aromatic heterocycles. The number of anilines is 1. The van der Waals surface area contributed by atoms with Gasteiger partial charge in [-0.25, -0.2) is 4.85 Å². The lowest BCUT2D eigenvalue weighted by Gasteiger charge is -2.12. The maximum atomic E-state index is 10.9. The molecule has 1 heterocycles. The van der Waals surface area contributed by atoms with Gasteiger partial charge in [-0.05, 0) is 23.8 Å². The Morgan fingerprint density at radius 3 is 2.50 bits per heavy atom. The average molecular weight is 465 g/mol. The van der Waals surface area contributed by atoms with Crippen LogP contribution in [0.1, 0.15) is 15.9 Å². The highest BCUT2D eigenvalue weighted by Crippen LogP contribution is 2.33. The third-order valence-electron chi connectivity index (χ3n) is 4.89. The van der Waals surface area contributed by atoms with Gasteiger partial charge in [0.2, 0.25) is 0 Å². The second kappa shape index (κ2) is 10.1. The number of hydrogen-bond donors (Lipinski definition) is 1. The van der Waals surface area contributed by atoms with Crippen molar-refractivity contribution in [1.29, 1.82) is 0 Å². The number of aromatic nitrogens is 2. The van der Waals surface area contributed by atoms with Crippen molar-refractivity contribution in [2.75, 3.05) is 12.4 Å². The van der Waals surface area contributed by atoms with Crippen molar-refractivity contribution in [3.63, 3.8) is 0 Å². The number of nitrogens with one attached hydrogen (secondary N) is 1. The number of fused-ring (bicyclic) bond motifs is 1. The van der Waals surface area contributed by atoms with Crippen molar-refractivity contribution < 1.29 is 9.53 Å². The molecule has 0 spiro atoms. The maximum Gasteiger partial charge on any atom is 0.188 e. The molecular weight excluding hydrogens is 447 g/mol. The van der Waals surface area contributed by atoms with Gasteiger partial charge >= 0.3 is 0 Å². The van der Waals surface area contributed by atoms with Crippen LogP contribution < -0.4 is 10.1 Å². The molecule has 0 aliphatic carbocycles. The second-order valence-electron chi connectivity index (χ2n) is 6.80. The topological polar surface area (TPSA) is 68.5 Å². The van der Waals surface area contributed by atoms with Crippen LogP contribution in [0, 0.1) is 6.57 Å². The summed E-state index contributed by atoms with van der Waals surface area (Å²) in [7, 11) is 1.57. The van der Waals surface area contributed by atoms with Gasteiger partial charge in [0.05, 0.1) is 18.7 Å². The van der Waals surface area contributed by atoms with Gasteiger partial charge in [-0.1, -0.05) is 54.1 Å². The molecule has 32 heavy (non-hydrogen) atoms. The van der Waals surface area contributed by atoms with E-state index in [1.807, 2.05) is 36.4 Å². The minimum absolute atomic E-state index is 0. The fourth-order valence-corrected chi connectivity index (χ4v) is 3.56. The Morgan fingerprint density at radius 2 is 1.84 bits per heavy atom. The molecule has 160 valence electrons. The monoisotopic (exact) mass is 464 g/mol. The lowest BCUT2D eigenvalue weighted by molar-refractivity contribution is 0.112. The molecule has 8 heteroatoms. The number of carbonyl (C=O) groups excluding carboxylic acids is 1. The van der Waals surface area contributed by atoms with Crippen LogP contribution in [-0.2, 0) is 6.54 Å². The van der Waals surface area contributed by atoms with Crippen molar-refractivity contribution >= 4 is 52.6 Å². The third-order valence-corrected chi connectivity index (χ3v) is 5.18. The van der Waals surface area contributed by atoms with E-state index < -0.39 is 0 Å². The van der Waals surface area contributed by atoms with Crippen LogP contribution in [0.2, 0.25) is 5.02 Å². The Hall–Kier alpha value is -3.66. The van der Waals surface area contributed by atoms with E-state index in [-0.39, 0.29) is 12.4 Å². The lowest BCUT2D eigenvalue weighted by atomic mass is 10.0. The average Bonchev–Trinajstić information content (AvgIpc) is 2.82. The summed E-state index contributed by atoms with van der Waals surface area (Å²) >= 11 is 6.22. The smallest absolute Gasteiger partial charge is 0.188 e. The van der Waals surface area contributed by atoms with Crippen LogP contribution in [0.25, 0.3) is 26.9 Å². The molecule has 4 rings (SSSR count). The fraction of sp³-hybridized carbons (Fsp3) is 0.0833. The summed E-state index contributed by atoms with van der Waals surface area (Å²) in [6.45, 7) is 7.83. The summed E-state index contributed by atoms with van der Waals surface area (Å²) < 4.78 is 5.19. The molecule has 0 radical (unpaired) electrons. The predicted octanol–water partition coefficient (Wildman–Crippen LogP) is 6.36.